The van der Waals surface area contributed by atoms with Crippen molar-refractivity contribution in [3.63, 3.8) is 0 Å². The fourth-order valence-corrected chi connectivity index (χ4v) is 0.319. The lowest BCUT2D eigenvalue weighted by Gasteiger charge is -2.07. The van der Waals surface area contributed by atoms with Crippen LogP contribution in [0.2, 0.25) is 0 Å². The zero-order valence-electron chi connectivity index (χ0n) is 6.13. The molecule has 0 saturated heterocycles. The lowest BCUT2D eigenvalue weighted by molar-refractivity contribution is -0.133. The highest BCUT2D eigenvalue weighted by Crippen LogP contribution is 1.86. The largest absolute Gasteiger partial charge is 0.366 e. The molecule has 0 spiro atoms. The normalized spacial score (nSPS) is 11.8. The quantitative estimate of drug-likeness (QED) is 0.344. The third kappa shape index (κ3) is 3.36. The Hall–Kier alpha value is -1.36. The van der Waals surface area contributed by atoms with E-state index in [1.165, 1.54) is 6.92 Å². The molecule has 0 aliphatic heterocycles. The van der Waals surface area contributed by atoms with E-state index in [-0.39, 0.29) is 5.57 Å². The summed E-state index contributed by atoms with van der Waals surface area (Å²) in [4.78, 5) is 20.9. The maximum absolute atomic E-state index is 10.7. The van der Waals surface area contributed by atoms with Gasteiger partial charge in [-0.15, -0.1) is 0 Å². The molecular weight excluding hydrogens is 148 g/mol. The lowest BCUT2D eigenvalue weighted by atomic mass is 10.3. The molecule has 0 bridgehead atoms. The van der Waals surface area contributed by atoms with E-state index < -0.39 is 18.0 Å². The minimum absolute atomic E-state index is 0.199. The van der Waals surface area contributed by atoms with Gasteiger partial charge in [0.1, 0.15) is 0 Å². The van der Waals surface area contributed by atoms with Crippen molar-refractivity contribution in [1.29, 1.82) is 0 Å². The number of rotatable bonds is 3. The van der Waals surface area contributed by atoms with Gasteiger partial charge < -0.3 is 16.2 Å². The van der Waals surface area contributed by atoms with E-state index in [2.05, 4.69) is 12.3 Å². The van der Waals surface area contributed by atoms with Crippen LogP contribution in [0.3, 0.4) is 0 Å². The number of amides is 2. The van der Waals surface area contributed by atoms with Crippen LogP contribution in [-0.2, 0) is 9.59 Å². The van der Waals surface area contributed by atoms with E-state index in [4.69, 9.17) is 5.11 Å². The molecule has 11 heavy (non-hydrogen) atoms. The highest BCUT2D eigenvalue weighted by atomic mass is 16.3. The number of hydrogen-bond acceptors (Lipinski definition) is 3. The summed E-state index contributed by atoms with van der Waals surface area (Å²) in [5, 5.41) is 10.6. The molecule has 0 heterocycles. The second-order valence-electron chi connectivity index (χ2n) is 2.06. The van der Waals surface area contributed by atoms with Gasteiger partial charge in [-0.3, -0.25) is 9.59 Å². The molecule has 0 aromatic rings. The molecule has 62 valence electrons. The van der Waals surface area contributed by atoms with Crippen molar-refractivity contribution < 1.29 is 14.7 Å². The van der Waals surface area contributed by atoms with Gasteiger partial charge in [0.15, 0.2) is 0 Å². The van der Waals surface area contributed by atoms with Crippen LogP contribution < -0.4 is 11.1 Å². The summed E-state index contributed by atoms with van der Waals surface area (Å²) in [7, 11) is 0. The second kappa shape index (κ2) is 3.72. The Balaban J connectivity index is 3.95. The molecule has 2 amide bonds. The van der Waals surface area contributed by atoms with Gasteiger partial charge in [0, 0.05) is 5.57 Å². The van der Waals surface area contributed by atoms with E-state index in [1.54, 1.807) is 0 Å². The molecule has 1 atom stereocenters. The van der Waals surface area contributed by atoms with Crippen LogP contribution in [0.25, 0.3) is 0 Å². The second-order valence-corrected chi connectivity index (χ2v) is 2.06. The van der Waals surface area contributed by atoms with Gasteiger partial charge in [-0.05, 0) is 6.92 Å². The number of carbonyl (C=O) groups is 2. The van der Waals surface area contributed by atoms with Gasteiger partial charge >= 0.3 is 0 Å². The van der Waals surface area contributed by atoms with Crippen LogP contribution in [0.4, 0.5) is 0 Å². The molecule has 1 unspecified atom stereocenters. The standard InChI is InChI=1S/C6H10N2O3/c1-3(2)5(10)8-6(11)4(7)9/h6,11H,1H2,2H3,(H2,7,9)(H,8,10). The number of nitrogens with two attached hydrogens (primary N) is 1. The Labute approximate surface area is 63.9 Å². The van der Waals surface area contributed by atoms with Crippen molar-refractivity contribution in [3.8, 4) is 0 Å². The molecule has 4 N–H and O–H groups in total. The third-order valence-electron chi connectivity index (χ3n) is 0.925. The van der Waals surface area contributed by atoms with Crippen molar-refractivity contribution in [2.24, 2.45) is 5.73 Å². The Morgan fingerprint density at radius 2 is 2.09 bits per heavy atom. The molecule has 0 aromatic carbocycles. The monoisotopic (exact) mass is 158 g/mol. The molecular formula is C6H10N2O3. The fraction of sp³-hybridized carbons (Fsp3) is 0.333. The Morgan fingerprint density at radius 1 is 1.64 bits per heavy atom. The summed E-state index contributed by atoms with van der Waals surface area (Å²) >= 11 is 0. The number of primary amides is 1. The molecule has 0 fully saturated rings. The molecule has 0 aliphatic carbocycles. The lowest BCUT2D eigenvalue weighted by Crippen LogP contribution is -2.44. The van der Waals surface area contributed by atoms with Gasteiger partial charge in [0.2, 0.25) is 12.1 Å². The number of nitrogens with one attached hydrogen (secondary N) is 1. The summed E-state index contributed by atoms with van der Waals surface area (Å²) < 4.78 is 0. The first-order valence-corrected chi connectivity index (χ1v) is 2.89. The summed E-state index contributed by atoms with van der Waals surface area (Å²) in [6.45, 7) is 4.74. The average molecular weight is 158 g/mol. The summed E-state index contributed by atoms with van der Waals surface area (Å²) in [6.07, 6.45) is -1.64. The van der Waals surface area contributed by atoms with E-state index >= 15 is 0 Å². The smallest absolute Gasteiger partial charge is 0.267 e. The molecule has 0 aliphatic rings. The molecule has 5 nitrogen and oxygen atoms in total. The van der Waals surface area contributed by atoms with Crippen molar-refractivity contribution in [2.75, 3.05) is 0 Å². The van der Waals surface area contributed by atoms with Crippen molar-refractivity contribution in [2.45, 2.75) is 13.2 Å². The first kappa shape index (κ1) is 9.64. The average Bonchev–Trinajstić information content (AvgIpc) is 1.87. The summed E-state index contributed by atoms with van der Waals surface area (Å²) in [5.41, 5.74) is 4.85. The van der Waals surface area contributed by atoms with Crippen molar-refractivity contribution in [3.05, 3.63) is 12.2 Å². The minimum atomic E-state index is -1.64. The molecule has 0 saturated carbocycles. The Bertz CT molecular complexity index is 200. The zero-order chi connectivity index (χ0) is 9.02. The SMILES string of the molecule is C=C(C)C(=O)NC(O)C(N)=O. The number of carbonyl (C=O) groups excluding carboxylic acids is 2. The third-order valence-corrected chi connectivity index (χ3v) is 0.925. The molecule has 0 radical (unpaired) electrons. The molecule has 5 heteroatoms. The van der Waals surface area contributed by atoms with E-state index in [9.17, 15) is 9.59 Å². The van der Waals surface area contributed by atoms with Crippen LogP contribution in [0, 0.1) is 0 Å². The van der Waals surface area contributed by atoms with Crippen LogP contribution >= 0.6 is 0 Å². The number of hydrogen-bond donors (Lipinski definition) is 3. The predicted octanol–water partition coefficient (Wildman–Crippen LogP) is -1.52. The topological polar surface area (TPSA) is 92.4 Å². The highest BCUT2D eigenvalue weighted by molar-refractivity contribution is 5.95. The first-order chi connectivity index (χ1) is 4.95. The van der Waals surface area contributed by atoms with Gasteiger partial charge in [0.25, 0.3) is 5.91 Å². The Morgan fingerprint density at radius 3 is 2.36 bits per heavy atom. The van der Waals surface area contributed by atoms with Gasteiger partial charge in [-0.2, -0.15) is 0 Å². The van der Waals surface area contributed by atoms with Crippen LogP contribution in [0.5, 0.6) is 0 Å². The number of aliphatic hydroxyl groups is 1. The summed E-state index contributed by atoms with van der Waals surface area (Å²) in [5.74, 6) is -1.60. The molecule has 0 aromatic heterocycles. The van der Waals surface area contributed by atoms with E-state index in [0.717, 1.165) is 0 Å². The summed E-state index contributed by atoms with van der Waals surface area (Å²) in [6, 6.07) is 0. The zero-order valence-corrected chi connectivity index (χ0v) is 6.13. The Kier molecular flexibility index (Phi) is 3.26. The van der Waals surface area contributed by atoms with E-state index in [1.807, 2.05) is 5.32 Å². The van der Waals surface area contributed by atoms with Gasteiger partial charge in [0.05, 0.1) is 0 Å². The highest BCUT2D eigenvalue weighted by Gasteiger charge is 2.13. The number of aliphatic hydroxyl groups excluding tert-OH is 1. The van der Waals surface area contributed by atoms with Crippen molar-refractivity contribution in [1.82, 2.24) is 5.32 Å². The fourth-order valence-electron chi connectivity index (χ4n) is 0.319. The predicted molar refractivity (Wildman–Crippen MR) is 38.2 cm³/mol. The van der Waals surface area contributed by atoms with Crippen LogP contribution in [0.15, 0.2) is 12.2 Å². The van der Waals surface area contributed by atoms with Gasteiger partial charge in [-0.25, -0.2) is 0 Å². The molecule has 0 rings (SSSR count). The van der Waals surface area contributed by atoms with Crippen LogP contribution in [0.1, 0.15) is 6.92 Å². The first-order valence-electron chi connectivity index (χ1n) is 2.89. The maximum atomic E-state index is 10.7. The van der Waals surface area contributed by atoms with Crippen molar-refractivity contribution >= 4 is 11.8 Å². The van der Waals surface area contributed by atoms with Crippen LogP contribution in [-0.4, -0.2) is 23.1 Å². The van der Waals surface area contributed by atoms with E-state index in [0.29, 0.717) is 0 Å². The van der Waals surface area contributed by atoms with Gasteiger partial charge in [-0.1, -0.05) is 6.58 Å². The minimum Gasteiger partial charge on any atom is -0.366 e. The maximum Gasteiger partial charge on any atom is 0.267 e.